The van der Waals surface area contributed by atoms with E-state index in [2.05, 4.69) is 20.5 Å². The first kappa shape index (κ1) is 19.2. The van der Waals surface area contributed by atoms with Crippen LogP contribution in [0, 0.1) is 0 Å². The molecule has 1 aliphatic heterocycles. The Labute approximate surface area is 135 Å². The summed E-state index contributed by atoms with van der Waals surface area (Å²) in [5.41, 5.74) is 0. The molecule has 0 spiro atoms. The van der Waals surface area contributed by atoms with Crippen LogP contribution in [0.4, 0.5) is 0 Å². The van der Waals surface area contributed by atoms with Gasteiger partial charge in [-0.25, -0.2) is 0 Å². The van der Waals surface area contributed by atoms with E-state index in [1.807, 2.05) is 7.05 Å². The Bertz CT molecular complexity index is 281. The van der Waals surface area contributed by atoms with Gasteiger partial charge < -0.3 is 25.0 Å². The van der Waals surface area contributed by atoms with E-state index in [1.165, 1.54) is 45.3 Å². The highest BCUT2D eigenvalue weighted by molar-refractivity contribution is 5.79. The van der Waals surface area contributed by atoms with E-state index in [0.29, 0.717) is 13.2 Å². The van der Waals surface area contributed by atoms with E-state index < -0.39 is 0 Å². The Morgan fingerprint density at radius 1 is 1.00 bits per heavy atom. The number of nitrogens with one attached hydrogen (secondary N) is 2. The summed E-state index contributed by atoms with van der Waals surface area (Å²) in [4.78, 5) is 6.80. The van der Waals surface area contributed by atoms with Crippen molar-refractivity contribution >= 4 is 5.96 Å². The van der Waals surface area contributed by atoms with Gasteiger partial charge in [0.15, 0.2) is 5.96 Å². The van der Waals surface area contributed by atoms with Crippen LogP contribution in [0.5, 0.6) is 0 Å². The molecule has 0 aliphatic carbocycles. The minimum Gasteiger partial charge on any atom is -0.382 e. The zero-order chi connectivity index (χ0) is 15.9. The number of ether oxygens (including phenoxy) is 2. The molecule has 0 bridgehead atoms. The molecule has 0 amide bonds. The zero-order valence-electron chi connectivity index (χ0n) is 14.4. The van der Waals surface area contributed by atoms with Crippen molar-refractivity contribution in [3.8, 4) is 0 Å². The van der Waals surface area contributed by atoms with E-state index in [9.17, 15) is 0 Å². The summed E-state index contributed by atoms with van der Waals surface area (Å²) in [6.45, 7) is 7.77. The Kier molecular flexibility index (Phi) is 12.0. The van der Waals surface area contributed by atoms with Gasteiger partial charge in [-0.15, -0.1) is 0 Å². The molecule has 1 aliphatic rings. The van der Waals surface area contributed by atoms with Gasteiger partial charge in [-0.05, 0) is 51.7 Å². The standard InChI is InChI=1S/C16H34N4O2/c1-17-16(19-9-7-13-22-15-14-21-2)18-8-3-4-10-20-11-5-6-12-20/h3-15H2,1-2H3,(H2,17,18,19). The van der Waals surface area contributed by atoms with Crippen LogP contribution in [0.3, 0.4) is 0 Å². The highest BCUT2D eigenvalue weighted by Crippen LogP contribution is 2.07. The molecule has 0 aromatic heterocycles. The number of nitrogens with zero attached hydrogens (tertiary/aromatic N) is 2. The van der Waals surface area contributed by atoms with Crippen LogP contribution in [0.15, 0.2) is 4.99 Å². The maximum absolute atomic E-state index is 5.42. The van der Waals surface area contributed by atoms with E-state index in [1.54, 1.807) is 7.11 Å². The molecule has 1 heterocycles. The lowest BCUT2D eigenvalue weighted by Crippen LogP contribution is -2.38. The molecule has 22 heavy (non-hydrogen) atoms. The first-order valence-corrected chi connectivity index (χ1v) is 8.60. The van der Waals surface area contributed by atoms with E-state index in [0.717, 1.165) is 32.1 Å². The number of guanidine groups is 1. The lowest BCUT2D eigenvalue weighted by atomic mass is 10.3. The minimum absolute atomic E-state index is 0.661. The number of hydrogen-bond donors (Lipinski definition) is 2. The molecule has 6 nitrogen and oxygen atoms in total. The fraction of sp³-hybridized carbons (Fsp3) is 0.938. The second-order valence-corrected chi connectivity index (χ2v) is 5.64. The van der Waals surface area contributed by atoms with Gasteiger partial charge in [0.05, 0.1) is 13.2 Å². The maximum Gasteiger partial charge on any atom is 0.190 e. The topological polar surface area (TPSA) is 58.1 Å². The molecule has 1 rings (SSSR count). The summed E-state index contributed by atoms with van der Waals surface area (Å²) >= 11 is 0. The molecule has 1 fully saturated rings. The van der Waals surface area contributed by atoms with Crippen LogP contribution >= 0.6 is 0 Å². The molecule has 0 aromatic rings. The quantitative estimate of drug-likeness (QED) is 0.321. The lowest BCUT2D eigenvalue weighted by Gasteiger charge is -2.15. The van der Waals surface area contributed by atoms with Crippen molar-refractivity contribution < 1.29 is 9.47 Å². The van der Waals surface area contributed by atoms with E-state index in [-0.39, 0.29) is 0 Å². The van der Waals surface area contributed by atoms with E-state index in [4.69, 9.17) is 9.47 Å². The highest BCUT2D eigenvalue weighted by atomic mass is 16.5. The second kappa shape index (κ2) is 13.8. The summed E-state index contributed by atoms with van der Waals surface area (Å²) in [7, 11) is 3.50. The molecule has 1 saturated heterocycles. The monoisotopic (exact) mass is 314 g/mol. The Balaban J connectivity index is 1.89. The van der Waals surface area contributed by atoms with Gasteiger partial charge in [-0.3, -0.25) is 4.99 Å². The molecule has 6 heteroatoms. The Morgan fingerprint density at radius 2 is 1.73 bits per heavy atom. The molecule has 2 N–H and O–H groups in total. The van der Waals surface area contributed by atoms with Crippen molar-refractivity contribution in [2.75, 3.05) is 66.7 Å². The predicted octanol–water partition coefficient (Wildman–Crippen LogP) is 1.08. The Morgan fingerprint density at radius 3 is 2.41 bits per heavy atom. The van der Waals surface area contributed by atoms with Gasteiger partial charge >= 0.3 is 0 Å². The van der Waals surface area contributed by atoms with Crippen LogP contribution in [-0.4, -0.2) is 77.6 Å². The minimum atomic E-state index is 0.661. The van der Waals surface area contributed by atoms with Crippen molar-refractivity contribution in [2.24, 2.45) is 4.99 Å². The fourth-order valence-electron chi connectivity index (χ4n) is 2.52. The third-order valence-corrected chi connectivity index (χ3v) is 3.81. The van der Waals surface area contributed by atoms with Gasteiger partial charge in [0, 0.05) is 33.9 Å². The normalized spacial score (nSPS) is 16.2. The second-order valence-electron chi connectivity index (χ2n) is 5.64. The average Bonchev–Trinajstić information content (AvgIpc) is 3.05. The third-order valence-electron chi connectivity index (χ3n) is 3.81. The van der Waals surface area contributed by atoms with Crippen molar-refractivity contribution in [2.45, 2.75) is 32.1 Å². The first-order valence-electron chi connectivity index (χ1n) is 8.60. The fourth-order valence-corrected chi connectivity index (χ4v) is 2.52. The van der Waals surface area contributed by atoms with Crippen molar-refractivity contribution in [3.05, 3.63) is 0 Å². The first-order chi connectivity index (χ1) is 10.9. The molecule has 0 aromatic carbocycles. The van der Waals surface area contributed by atoms with Crippen LogP contribution in [0.2, 0.25) is 0 Å². The van der Waals surface area contributed by atoms with Gasteiger partial charge in [-0.1, -0.05) is 0 Å². The van der Waals surface area contributed by atoms with Crippen LogP contribution < -0.4 is 10.6 Å². The largest absolute Gasteiger partial charge is 0.382 e. The number of hydrogen-bond acceptors (Lipinski definition) is 4. The highest BCUT2D eigenvalue weighted by Gasteiger charge is 2.09. The number of aliphatic imine (C=N–C) groups is 1. The summed E-state index contributed by atoms with van der Waals surface area (Å²) in [5, 5.41) is 6.68. The molecular formula is C16H34N4O2. The van der Waals surface area contributed by atoms with Crippen LogP contribution in [0.1, 0.15) is 32.1 Å². The Hall–Kier alpha value is -0.850. The number of unbranched alkanes of at least 4 members (excludes halogenated alkanes) is 1. The molecule has 0 radical (unpaired) electrons. The predicted molar refractivity (Wildman–Crippen MR) is 91.6 cm³/mol. The molecular weight excluding hydrogens is 280 g/mol. The smallest absolute Gasteiger partial charge is 0.190 e. The van der Waals surface area contributed by atoms with Crippen LogP contribution in [0.25, 0.3) is 0 Å². The maximum atomic E-state index is 5.42. The molecule has 0 atom stereocenters. The van der Waals surface area contributed by atoms with Gasteiger partial charge in [0.25, 0.3) is 0 Å². The van der Waals surface area contributed by atoms with Crippen molar-refractivity contribution in [1.82, 2.24) is 15.5 Å². The summed E-state index contributed by atoms with van der Waals surface area (Å²) in [6, 6.07) is 0. The zero-order valence-corrected chi connectivity index (χ0v) is 14.4. The van der Waals surface area contributed by atoms with Gasteiger partial charge in [-0.2, -0.15) is 0 Å². The van der Waals surface area contributed by atoms with Crippen molar-refractivity contribution in [1.29, 1.82) is 0 Å². The van der Waals surface area contributed by atoms with Gasteiger partial charge in [0.2, 0.25) is 0 Å². The number of rotatable bonds is 12. The molecule has 130 valence electrons. The van der Waals surface area contributed by atoms with Gasteiger partial charge in [0.1, 0.15) is 0 Å². The number of likely N-dealkylation sites (tertiary alicyclic amines) is 1. The average molecular weight is 314 g/mol. The third kappa shape index (κ3) is 9.97. The van der Waals surface area contributed by atoms with Crippen molar-refractivity contribution in [3.63, 3.8) is 0 Å². The lowest BCUT2D eigenvalue weighted by molar-refractivity contribution is 0.0698. The van der Waals surface area contributed by atoms with Crippen LogP contribution in [-0.2, 0) is 9.47 Å². The van der Waals surface area contributed by atoms with E-state index >= 15 is 0 Å². The SMILES string of the molecule is CN=C(NCCCCN1CCCC1)NCCCOCCOC. The summed E-state index contributed by atoms with van der Waals surface area (Å²) < 4.78 is 10.3. The number of methoxy groups -OCH3 is 1. The summed E-state index contributed by atoms with van der Waals surface area (Å²) in [5.74, 6) is 0.887. The summed E-state index contributed by atoms with van der Waals surface area (Å²) in [6.07, 6.45) is 6.18. The molecule has 0 saturated carbocycles. The molecule has 0 unspecified atom stereocenters.